The molecule has 1 aromatic carbocycles. The van der Waals surface area contributed by atoms with Crippen molar-refractivity contribution in [3.8, 4) is 0 Å². The molecule has 4 rings (SSSR count). The number of benzene rings is 1. The first kappa shape index (κ1) is 23.4. The van der Waals surface area contributed by atoms with E-state index in [4.69, 9.17) is 9.47 Å². The fourth-order valence-electron chi connectivity index (χ4n) is 5.97. The van der Waals surface area contributed by atoms with E-state index in [2.05, 4.69) is 4.72 Å². The quantitative estimate of drug-likeness (QED) is 0.692. The van der Waals surface area contributed by atoms with Gasteiger partial charge in [0.1, 0.15) is 5.82 Å². The van der Waals surface area contributed by atoms with Gasteiger partial charge in [-0.05, 0) is 68.1 Å². The van der Waals surface area contributed by atoms with E-state index < -0.39 is 22.2 Å². The lowest BCUT2D eigenvalue weighted by Gasteiger charge is -2.33. The number of fused-ring (bicyclic) bond motifs is 1. The van der Waals surface area contributed by atoms with Crippen LogP contribution < -0.4 is 4.72 Å². The number of carbonyl (C=O) groups excluding carboxylic acids is 1. The highest BCUT2D eigenvalue weighted by molar-refractivity contribution is 7.88. The van der Waals surface area contributed by atoms with E-state index in [1.165, 1.54) is 13.2 Å². The van der Waals surface area contributed by atoms with Crippen LogP contribution in [0.15, 0.2) is 24.3 Å². The van der Waals surface area contributed by atoms with Gasteiger partial charge in [-0.1, -0.05) is 18.6 Å². The average molecular weight is 469 g/mol. The average Bonchev–Trinajstić information content (AvgIpc) is 3.33. The molecule has 32 heavy (non-hydrogen) atoms. The highest BCUT2D eigenvalue weighted by atomic mass is 32.2. The van der Waals surface area contributed by atoms with Gasteiger partial charge in [0, 0.05) is 12.1 Å². The van der Waals surface area contributed by atoms with E-state index in [9.17, 15) is 17.6 Å². The molecule has 0 unspecified atom stereocenters. The molecule has 1 heterocycles. The molecular weight excluding hydrogens is 435 g/mol. The first-order valence-corrected chi connectivity index (χ1v) is 13.4. The molecule has 3 fully saturated rings. The van der Waals surface area contributed by atoms with Crippen molar-refractivity contribution in [1.82, 2.24) is 9.62 Å². The summed E-state index contributed by atoms with van der Waals surface area (Å²) in [5.74, 6) is 0.184. The van der Waals surface area contributed by atoms with Crippen LogP contribution in [-0.4, -0.2) is 63.6 Å². The number of hydrogen-bond donors (Lipinski definition) is 1. The van der Waals surface area contributed by atoms with Crippen LogP contribution in [0.3, 0.4) is 0 Å². The van der Waals surface area contributed by atoms with Crippen LogP contribution in [0.2, 0.25) is 0 Å². The highest BCUT2D eigenvalue weighted by Gasteiger charge is 2.54. The van der Waals surface area contributed by atoms with Crippen LogP contribution in [0.5, 0.6) is 0 Å². The minimum atomic E-state index is -3.43. The third kappa shape index (κ3) is 5.10. The Morgan fingerprint density at radius 2 is 1.94 bits per heavy atom. The van der Waals surface area contributed by atoms with Crippen LogP contribution in [0.4, 0.5) is 9.18 Å². The zero-order valence-corrected chi connectivity index (χ0v) is 19.5. The number of likely N-dealkylation sites (tertiary alicyclic amines) is 1. The molecule has 2 aliphatic carbocycles. The van der Waals surface area contributed by atoms with E-state index in [0.717, 1.165) is 56.8 Å². The molecular formula is C23H33FN2O5S. The number of carbonyl (C=O) groups is 1. The van der Waals surface area contributed by atoms with Crippen molar-refractivity contribution >= 4 is 16.1 Å². The standard InChI is InChI=1S/C23H33FN2O5S/c1-30-23(27)26-20-8-4-7-19(20)22(25-32(2,28)29)21(26)14-31-18-11-9-15(10-12-18)16-5-3-6-17(24)13-16/h3,5-6,13,15,18-22,25H,4,7-12,14H2,1-2H3/t15-,18+,19-,20+,21-,22-/m0/s1. The van der Waals surface area contributed by atoms with Crippen molar-refractivity contribution in [3.63, 3.8) is 0 Å². The largest absolute Gasteiger partial charge is 0.453 e. The Kier molecular flexibility index (Phi) is 7.07. The van der Waals surface area contributed by atoms with Gasteiger partial charge >= 0.3 is 6.09 Å². The summed E-state index contributed by atoms with van der Waals surface area (Å²) in [5, 5.41) is 0. The number of rotatable bonds is 6. The van der Waals surface area contributed by atoms with E-state index in [0.29, 0.717) is 5.92 Å². The topological polar surface area (TPSA) is 84.9 Å². The molecule has 2 saturated carbocycles. The van der Waals surface area contributed by atoms with Crippen LogP contribution in [0, 0.1) is 11.7 Å². The molecule has 178 valence electrons. The highest BCUT2D eigenvalue weighted by Crippen LogP contribution is 2.43. The Bertz CT molecular complexity index is 919. The molecule has 1 amide bonds. The zero-order valence-electron chi connectivity index (χ0n) is 18.7. The lowest BCUT2D eigenvalue weighted by molar-refractivity contribution is -0.00976. The number of halogens is 1. The van der Waals surface area contributed by atoms with Gasteiger partial charge < -0.3 is 9.47 Å². The van der Waals surface area contributed by atoms with Crippen molar-refractivity contribution in [2.45, 2.75) is 75.1 Å². The summed E-state index contributed by atoms with van der Waals surface area (Å²) in [6.45, 7) is 0.268. The first-order valence-electron chi connectivity index (χ1n) is 11.5. The second kappa shape index (κ2) is 9.65. The molecule has 0 aromatic heterocycles. The van der Waals surface area contributed by atoms with Gasteiger partial charge in [-0.25, -0.2) is 22.3 Å². The molecule has 0 radical (unpaired) electrons. The Balaban J connectivity index is 1.41. The molecule has 3 aliphatic rings. The molecule has 1 aromatic rings. The van der Waals surface area contributed by atoms with Gasteiger partial charge in [0.25, 0.3) is 0 Å². The Morgan fingerprint density at radius 1 is 1.19 bits per heavy atom. The van der Waals surface area contributed by atoms with Gasteiger partial charge in [0.15, 0.2) is 0 Å². The predicted molar refractivity (Wildman–Crippen MR) is 118 cm³/mol. The van der Waals surface area contributed by atoms with E-state index in [1.54, 1.807) is 17.0 Å². The van der Waals surface area contributed by atoms with Crippen LogP contribution in [0.25, 0.3) is 0 Å². The fourth-order valence-corrected chi connectivity index (χ4v) is 6.80. The zero-order chi connectivity index (χ0) is 22.9. The van der Waals surface area contributed by atoms with Crippen LogP contribution >= 0.6 is 0 Å². The fraction of sp³-hybridized carbons (Fsp3) is 0.696. The Labute approximate surface area is 189 Å². The number of amides is 1. The van der Waals surface area contributed by atoms with Gasteiger partial charge in [-0.3, -0.25) is 4.90 Å². The van der Waals surface area contributed by atoms with Gasteiger partial charge in [-0.15, -0.1) is 0 Å². The first-order chi connectivity index (χ1) is 15.3. The van der Waals surface area contributed by atoms with Crippen molar-refractivity contribution < 1.29 is 27.1 Å². The number of nitrogens with zero attached hydrogens (tertiary/aromatic N) is 1. The minimum absolute atomic E-state index is 0.0287. The third-order valence-electron chi connectivity index (χ3n) is 7.35. The maximum Gasteiger partial charge on any atom is 0.410 e. The summed E-state index contributed by atoms with van der Waals surface area (Å²) in [5.41, 5.74) is 1.03. The molecule has 1 N–H and O–H groups in total. The molecule has 9 heteroatoms. The molecule has 0 spiro atoms. The van der Waals surface area contributed by atoms with Crippen molar-refractivity contribution in [2.75, 3.05) is 20.0 Å². The van der Waals surface area contributed by atoms with Crippen molar-refractivity contribution in [2.24, 2.45) is 5.92 Å². The predicted octanol–water partition coefficient (Wildman–Crippen LogP) is 3.41. The third-order valence-corrected chi connectivity index (χ3v) is 8.05. The molecule has 1 aliphatic heterocycles. The smallest absolute Gasteiger partial charge is 0.410 e. The number of ether oxygens (including phenoxy) is 2. The van der Waals surface area contributed by atoms with Crippen molar-refractivity contribution in [1.29, 1.82) is 0 Å². The molecule has 4 atom stereocenters. The number of nitrogens with one attached hydrogen (secondary N) is 1. The second-order valence-electron chi connectivity index (χ2n) is 9.38. The molecule has 1 saturated heterocycles. The summed E-state index contributed by atoms with van der Waals surface area (Å²) >= 11 is 0. The lowest BCUT2D eigenvalue weighted by atomic mass is 9.82. The van der Waals surface area contributed by atoms with Crippen molar-refractivity contribution in [3.05, 3.63) is 35.6 Å². The maximum atomic E-state index is 13.6. The maximum absolute atomic E-state index is 13.6. The molecule has 0 bridgehead atoms. The minimum Gasteiger partial charge on any atom is -0.453 e. The molecule has 7 nitrogen and oxygen atoms in total. The summed E-state index contributed by atoms with van der Waals surface area (Å²) in [6, 6.07) is 6.00. The summed E-state index contributed by atoms with van der Waals surface area (Å²) < 4.78 is 51.7. The van der Waals surface area contributed by atoms with Gasteiger partial charge in [-0.2, -0.15) is 0 Å². The van der Waals surface area contributed by atoms with E-state index >= 15 is 0 Å². The van der Waals surface area contributed by atoms with E-state index in [1.807, 2.05) is 6.07 Å². The normalized spacial score (nSPS) is 32.7. The van der Waals surface area contributed by atoms with Crippen LogP contribution in [0.1, 0.15) is 56.4 Å². The number of hydrogen-bond acceptors (Lipinski definition) is 5. The van der Waals surface area contributed by atoms with Gasteiger partial charge in [0.2, 0.25) is 10.0 Å². The lowest BCUT2D eigenvalue weighted by Crippen LogP contribution is -2.51. The Morgan fingerprint density at radius 3 is 2.59 bits per heavy atom. The second-order valence-corrected chi connectivity index (χ2v) is 11.2. The Hall–Kier alpha value is -1.71. The summed E-state index contributed by atoms with van der Waals surface area (Å²) in [6.07, 6.45) is 6.98. The van der Waals surface area contributed by atoms with Gasteiger partial charge in [0.05, 0.1) is 32.1 Å². The summed E-state index contributed by atoms with van der Waals surface area (Å²) in [4.78, 5) is 14.3. The SMILES string of the molecule is COC(=O)N1[C@@H]2CCC[C@@H]2[C@H](NS(C)(=O)=O)[C@@H]1CO[C@H]1CC[C@@H](c2cccc(F)c2)CC1. The number of methoxy groups -OCH3 is 1. The number of sulfonamides is 1. The van der Waals surface area contributed by atoms with E-state index in [-0.39, 0.29) is 36.5 Å². The van der Waals surface area contributed by atoms with Crippen LogP contribution in [-0.2, 0) is 19.5 Å². The monoisotopic (exact) mass is 468 g/mol. The summed E-state index contributed by atoms with van der Waals surface area (Å²) in [7, 11) is -2.08.